The Kier molecular flexibility index (Phi) is 3.55. The van der Waals surface area contributed by atoms with Crippen molar-refractivity contribution in [2.24, 2.45) is 0 Å². The number of aromatic amines is 1. The van der Waals surface area contributed by atoms with Crippen LogP contribution < -0.4 is 5.32 Å². The Morgan fingerprint density at radius 2 is 2.07 bits per heavy atom. The zero-order valence-corrected chi connectivity index (χ0v) is 15.2. The van der Waals surface area contributed by atoms with Gasteiger partial charge in [0.1, 0.15) is 5.41 Å². The molecule has 0 bridgehead atoms. The fourth-order valence-corrected chi connectivity index (χ4v) is 4.53. The topological polar surface area (TPSA) is 104 Å². The van der Waals surface area contributed by atoms with E-state index in [1.54, 1.807) is 24.2 Å². The van der Waals surface area contributed by atoms with Crippen LogP contribution in [-0.4, -0.2) is 43.7 Å². The lowest BCUT2D eigenvalue weighted by Gasteiger charge is -2.34. The third-order valence-corrected chi connectivity index (χ3v) is 5.77. The molecule has 2 amide bonds. The number of fused-ring (bicyclic) bond motifs is 2. The smallest absolute Gasteiger partial charge is 0.276 e. The van der Waals surface area contributed by atoms with Crippen molar-refractivity contribution < 1.29 is 9.59 Å². The molecule has 2 aliphatic rings. The molecule has 28 heavy (non-hydrogen) atoms. The lowest BCUT2D eigenvalue weighted by Crippen LogP contribution is -2.42. The number of aromatic nitrogens is 4. The van der Waals surface area contributed by atoms with Gasteiger partial charge in [-0.2, -0.15) is 15.4 Å². The Hall–Kier alpha value is -3.55. The summed E-state index contributed by atoms with van der Waals surface area (Å²) in [6.45, 7) is 2.17. The van der Waals surface area contributed by atoms with E-state index >= 15 is 0 Å². The molecule has 1 spiro atoms. The maximum absolute atomic E-state index is 13.3. The predicted octanol–water partition coefficient (Wildman–Crippen LogP) is 1.99. The van der Waals surface area contributed by atoms with Crippen molar-refractivity contribution in [1.29, 1.82) is 0 Å². The number of aryl methyl sites for hydroxylation is 1. The monoisotopic (exact) mass is 374 g/mol. The molecule has 140 valence electrons. The molecule has 5 rings (SSSR count). The molecule has 1 saturated heterocycles. The highest BCUT2D eigenvalue weighted by atomic mass is 16.2. The summed E-state index contributed by atoms with van der Waals surface area (Å²) in [6.07, 6.45) is 3.93. The minimum absolute atomic E-state index is 0.0882. The van der Waals surface area contributed by atoms with Crippen LogP contribution in [0.1, 0.15) is 39.8 Å². The minimum atomic E-state index is -0.854. The molecule has 8 heteroatoms. The Morgan fingerprint density at radius 1 is 1.21 bits per heavy atom. The summed E-state index contributed by atoms with van der Waals surface area (Å²) in [5, 5.41) is 13.5. The highest BCUT2D eigenvalue weighted by molar-refractivity contribution is 6.08. The van der Waals surface area contributed by atoms with Gasteiger partial charge in [-0.25, -0.2) is 0 Å². The molecule has 8 nitrogen and oxygen atoms in total. The zero-order chi connectivity index (χ0) is 19.3. The fraction of sp³-hybridized carbons (Fsp3) is 0.250. The number of nitrogens with zero attached hydrogens (tertiary/aromatic N) is 4. The van der Waals surface area contributed by atoms with Crippen molar-refractivity contribution in [3.63, 3.8) is 0 Å². The van der Waals surface area contributed by atoms with Gasteiger partial charge < -0.3 is 10.2 Å². The Morgan fingerprint density at radius 3 is 2.82 bits per heavy atom. The molecule has 0 saturated carbocycles. The van der Waals surface area contributed by atoms with Gasteiger partial charge in [0.25, 0.3) is 5.91 Å². The highest BCUT2D eigenvalue weighted by Crippen LogP contribution is 2.54. The van der Waals surface area contributed by atoms with Crippen LogP contribution in [0.25, 0.3) is 0 Å². The number of para-hydroxylation sites is 1. The standard InChI is InChI=1S/C20H18N6O2/c1-12-16(24-25-23-12)18(27)26-10-8-20(17(26)13-5-4-9-21-11-13)14-6-2-3-7-15(14)22-19(20)28/h2-7,9,11,17H,8,10H2,1H3,(H,22,28)(H,23,24,25). The maximum atomic E-state index is 13.3. The molecular weight excluding hydrogens is 356 g/mol. The van der Waals surface area contributed by atoms with E-state index in [9.17, 15) is 9.59 Å². The highest BCUT2D eigenvalue weighted by Gasteiger charge is 2.59. The third-order valence-electron chi connectivity index (χ3n) is 5.77. The van der Waals surface area contributed by atoms with Gasteiger partial charge in [0, 0.05) is 24.6 Å². The van der Waals surface area contributed by atoms with Gasteiger partial charge in [-0.05, 0) is 36.6 Å². The van der Waals surface area contributed by atoms with Gasteiger partial charge in [-0.15, -0.1) is 0 Å². The van der Waals surface area contributed by atoms with Crippen molar-refractivity contribution in [2.45, 2.75) is 24.8 Å². The van der Waals surface area contributed by atoms with Gasteiger partial charge in [-0.3, -0.25) is 14.6 Å². The number of anilines is 1. The first-order chi connectivity index (χ1) is 13.6. The zero-order valence-electron chi connectivity index (χ0n) is 15.2. The second-order valence-corrected chi connectivity index (χ2v) is 7.17. The molecule has 0 aliphatic carbocycles. The first-order valence-electron chi connectivity index (χ1n) is 9.12. The molecule has 1 fully saturated rings. The number of carbonyl (C=O) groups excluding carboxylic acids is 2. The molecule has 3 aromatic rings. The van der Waals surface area contributed by atoms with Gasteiger partial charge in [0.2, 0.25) is 5.91 Å². The number of hydrogen-bond donors (Lipinski definition) is 2. The van der Waals surface area contributed by atoms with Crippen molar-refractivity contribution >= 4 is 17.5 Å². The Balaban J connectivity index is 1.69. The molecule has 0 radical (unpaired) electrons. The van der Waals surface area contributed by atoms with E-state index in [2.05, 4.69) is 25.7 Å². The van der Waals surface area contributed by atoms with Crippen molar-refractivity contribution in [3.05, 3.63) is 71.3 Å². The number of carbonyl (C=O) groups is 2. The molecular formula is C20H18N6O2. The van der Waals surface area contributed by atoms with Gasteiger partial charge in [0.15, 0.2) is 5.69 Å². The maximum Gasteiger partial charge on any atom is 0.276 e. The Labute approximate surface area is 161 Å². The van der Waals surface area contributed by atoms with Crippen molar-refractivity contribution in [2.75, 3.05) is 11.9 Å². The molecule has 1 aromatic carbocycles. The summed E-state index contributed by atoms with van der Waals surface area (Å²) in [5.41, 5.74) is 2.49. The summed E-state index contributed by atoms with van der Waals surface area (Å²) in [7, 11) is 0. The summed E-state index contributed by atoms with van der Waals surface area (Å²) in [5.74, 6) is -0.330. The van der Waals surface area contributed by atoms with Crippen molar-refractivity contribution in [3.8, 4) is 0 Å². The number of nitrogens with one attached hydrogen (secondary N) is 2. The molecule has 2 N–H and O–H groups in total. The van der Waals surface area contributed by atoms with Gasteiger partial charge in [-0.1, -0.05) is 24.3 Å². The average Bonchev–Trinajstić information content (AvgIpc) is 3.40. The number of hydrogen-bond acceptors (Lipinski definition) is 5. The minimum Gasteiger partial charge on any atom is -0.329 e. The van der Waals surface area contributed by atoms with Crippen LogP contribution in [0.15, 0.2) is 48.8 Å². The van der Waals surface area contributed by atoms with E-state index in [4.69, 9.17) is 0 Å². The quantitative estimate of drug-likeness (QED) is 0.714. The van der Waals surface area contributed by atoms with Crippen LogP contribution in [-0.2, 0) is 10.2 Å². The second kappa shape index (κ2) is 5.98. The van der Waals surface area contributed by atoms with E-state index in [1.165, 1.54) is 0 Å². The number of H-pyrrole nitrogens is 1. The van der Waals surface area contributed by atoms with Crippen LogP contribution in [0, 0.1) is 6.92 Å². The largest absolute Gasteiger partial charge is 0.329 e. The van der Waals surface area contributed by atoms with Gasteiger partial charge >= 0.3 is 0 Å². The molecule has 2 unspecified atom stereocenters. The number of benzene rings is 1. The lowest BCUT2D eigenvalue weighted by molar-refractivity contribution is -0.121. The van der Waals surface area contributed by atoms with Crippen LogP contribution in [0.2, 0.25) is 0 Å². The number of rotatable bonds is 2. The molecule has 2 aliphatic heterocycles. The first kappa shape index (κ1) is 16.6. The van der Waals surface area contributed by atoms with Crippen LogP contribution in [0.3, 0.4) is 0 Å². The average molecular weight is 374 g/mol. The van der Waals surface area contributed by atoms with E-state index in [0.717, 1.165) is 16.8 Å². The Bertz CT molecular complexity index is 1080. The summed E-state index contributed by atoms with van der Waals surface area (Å²) in [4.78, 5) is 32.5. The van der Waals surface area contributed by atoms with Crippen LogP contribution >= 0.6 is 0 Å². The van der Waals surface area contributed by atoms with E-state index < -0.39 is 11.5 Å². The van der Waals surface area contributed by atoms with Gasteiger partial charge in [0.05, 0.1) is 11.7 Å². The second-order valence-electron chi connectivity index (χ2n) is 7.17. The molecule has 4 heterocycles. The third kappa shape index (κ3) is 2.14. The van der Waals surface area contributed by atoms with E-state index in [1.807, 2.05) is 36.4 Å². The molecule has 2 aromatic heterocycles. The summed E-state index contributed by atoms with van der Waals surface area (Å²) in [6, 6.07) is 10.9. The number of amides is 2. The van der Waals surface area contributed by atoms with E-state index in [0.29, 0.717) is 18.7 Å². The number of pyridine rings is 1. The summed E-state index contributed by atoms with van der Waals surface area (Å²) >= 11 is 0. The lowest BCUT2D eigenvalue weighted by atomic mass is 9.73. The van der Waals surface area contributed by atoms with E-state index in [-0.39, 0.29) is 17.5 Å². The predicted molar refractivity (Wildman–Crippen MR) is 101 cm³/mol. The summed E-state index contributed by atoms with van der Waals surface area (Å²) < 4.78 is 0. The number of likely N-dealkylation sites (tertiary alicyclic amines) is 1. The van der Waals surface area contributed by atoms with Crippen LogP contribution in [0.5, 0.6) is 0 Å². The molecule has 2 atom stereocenters. The fourth-order valence-electron chi connectivity index (χ4n) is 4.53. The van der Waals surface area contributed by atoms with Crippen molar-refractivity contribution in [1.82, 2.24) is 25.3 Å². The normalized spacial score (nSPS) is 23.1. The SMILES string of the molecule is Cc1n[nH]nc1C(=O)N1CCC2(C(=O)Nc3ccccc32)C1c1cccnc1. The first-order valence-corrected chi connectivity index (χ1v) is 9.12. The van der Waals surface area contributed by atoms with Crippen LogP contribution in [0.4, 0.5) is 5.69 Å².